The zero-order chi connectivity index (χ0) is 13.4. The molecule has 102 valence electrons. The normalized spacial score (nSPS) is 19.8. The van der Waals surface area contributed by atoms with Gasteiger partial charge in [-0.2, -0.15) is 0 Å². The molecule has 0 spiro atoms. The minimum Gasteiger partial charge on any atom is -0.494 e. The molecule has 0 aliphatic carbocycles. The van der Waals surface area contributed by atoms with Crippen molar-refractivity contribution in [2.75, 3.05) is 20.3 Å². The number of halogens is 1. The second kappa shape index (κ2) is 4.94. The van der Waals surface area contributed by atoms with E-state index >= 15 is 0 Å². The zero-order valence-corrected chi connectivity index (χ0v) is 11.4. The first-order valence-electron chi connectivity index (χ1n) is 6.26. The predicted octanol–water partition coefficient (Wildman–Crippen LogP) is 3.20. The highest BCUT2D eigenvalue weighted by Crippen LogP contribution is 2.29. The summed E-state index contributed by atoms with van der Waals surface area (Å²) >= 11 is 5.35. The molecule has 0 radical (unpaired) electrons. The van der Waals surface area contributed by atoms with Crippen molar-refractivity contribution in [2.24, 2.45) is 0 Å². The summed E-state index contributed by atoms with van der Waals surface area (Å²) in [5.41, 5.74) is 1.55. The number of hydrogen-bond acceptors (Lipinski definition) is 3. The number of nitrogens with one attached hydrogen (secondary N) is 1. The van der Waals surface area contributed by atoms with Crippen LogP contribution >= 0.6 is 12.2 Å². The first-order valence-corrected chi connectivity index (χ1v) is 6.67. The lowest BCUT2D eigenvalue weighted by Gasteiger charge is -2.24. The lowest BCUT2D eigenvalue weighted by atomic mass is 10.1. The van der Waals surface area contributed by atoms with Gasteiger partial charge in [0, 0.05) is 18.7 Å². The van der Waals surface area contributed by atoms with E-state index in [-0.39, 0.29) is 11.8 Å². The minimum atomic E-state index is -0.390. The smallest absolute Gasteiger partial charge is 0.178 e. The molecule has 3 rings (SSSR count). The molecule has 1 aromatic heterocycles. The van der Waals surface area contributed by atoms with E-state index in [1.54, 1.807) is 6.07 Å². The van der Waals surface area contributed by atoms with Gasteiger partial charge >= 0.3 is 0 Å². The SMILES string of the molecule is COc1cc2c(cc1F)[nH]c(=S)n2C1CCCOC1. The van der Waals surface area contributed by atoms with Gasteiger partial charge in [0.1, 0.15) is 0 Å². The van der Waals surface area contributed by atoms with Crippen molar-refractivity contribution in [2.45, 2.75) is 18.9 Å². The third-order valence-corrected chi connectivity index (χ3v) is 3.79. The first kappa shape index (κ1) is 12.6. The van der Waals surface area contributed by atoms with Crippen molar-refractivity contribution in [3.05, 3.63) is 22.7 Å². The standard InChI is InChI=1S/C13H15FN2O2S/c1-17-12-6-11-10(5-9(12)14)15-13(19)16(11)8-3-2-4-18-7-8/h5-6,8H,2-4,7H2,1H3,(H,15,19). The predicted molar refractivity (Wildman–Crippen MR) is 72.7 cm³/mol. The van der Waals surface area contributed by atoms with Gasteiger partial charge in [-0.25, -0.2) is 4.39 Å². The van der Waals surface area contributed by atoms with Crippen LogP contribution in [0.25, 0.3) is 11.0 Å². The molecular formula is C13H15FN2O2S. The summed E-state index contributed by atoms with van der Waals surface area (Å²) in [6.07, 6.45) is 2.03. The monoisotopic (exact) mass is 282 g/mol. The Morgan fingerprint density at radius 3 is 3.05 bits per heavy atom. The summed E-state index contributed by atoms with van der Waals surface area (Å²) < 4.78 is 26.8. The van der Waals surface area contributed by atoms with Crippen molar-refractivity contribution in [3.8, 4) is 5.75 Å². The van der Waals surface area contributed by atoms with E-state index in [4.69, 9.17) is 21.7 Å². The van der Waals surface area contributed by atoms with Gasteiger partial charge in [-0.1, -0.05) is 0 Å². The summed E-state index contributed by atoms with van der Waals surface area (Å²) in [4.78, 5) is 3.04. The topological polar surface area (TPSA) is 39.2 Å². The van der Waals surface area contributed by atoms with E-state index in [2.05, 4.69) is 4.98 Å². The van der Waals surface area contributed by atoms with Crippen LogP contribution in [0.15, 0.2) is 12.1 Å². The maximum atomic E-state index is 13.7. The highest BCUT2D eigenvalue weighted by Gasteiger charge is 2.20. The molecule has 0 amide bonds. The molecule has 1 fully saturated rings. The maximum absolute atomic E-state index is 13.7. The average molecular weight is 282 g/mol. The minimum absolute atomic E-state index is 0.199. The quantitative estimate of drug-likeness (QED) is 0.860. The molecule has 1 atom stereocenters. The number of aromatic nitrogens is 2. The van der Waals surface area contributed by atoms with Crippen LogP contribution in [-0.2, 0) is 4.74 Å². The van der Waals surface area contributed by atoms with Crippen molar-refractivity contribution in [3.63, 3.8) is 0 Å². The van der Waals surface area contributed by atoms with E-state index in [0.29, 0.717) is 16.9 Å². The number of ether oxygens (including phenoxy) is 2. The summed E-state index contributed by atoms with van der Waals surface area (Å²) in [5, 5.41) is 0. The van der Waals surface area contributed by atoms with Gasteiger partial charge in [-0.15, -0.1) is 0 Å². The fraction of sp³-hybridized carbons (Fsp3) is 0.462. The van der Waals surface area contributed by atoms with Crippen LogP contribution in [0.1, 0.15) is 18.9 Å². The Hall–Kier alpha value is -1.40. The molecular weight excluding hydrogens is 267 g/mol. The fourth-order valence-electron chi connectivity index (χ4n) is 2.57. The van der Waals surface area contributed by atoms with Crippen LogP contribution < -0.4 is 4.74 Å². The molecule has 1 aliphatic heterocycles. The van der Waals surface area contributed by atoms with Gasteiger partial charge in [0.2, 0.25) is 0 Å². The Kier molecular flexibility index (Phi) is 3.28. The summed E-state index contributed by atoms with van der Waals surface area (Å²) in [5.74, 6) is -0.162. The van der Waals surface area contributed by atoms with Crippen molar-refractivity contribution >= 4 is 23.3 Å². The fourth-order valence-corrected chi connectivity index (χ4v) is 2.93. The summed E-state index contributed by atoms with van der Waals surface area (Å²) in [7, 11) is 1.46. The molecule has 19 heavy (non-hydrogen) atoms. The van der Waals surface area contributed by atoms with Crippen LogP contribution in [0, 0.1) is 10.6 Å². The van der Waals surface area contributed by atoms with Gasteiger partial charge in [0.25, 0.3) is 0 Å². The molecule has 1 aliphatic rings. The molecule has 0 saturated carbocycles. The van der Waals surface area contributed by atoms with Gasteiger partial charge in [0.15, 0.2) is 16.3 Å². The van der Waals surface area contributed by atoms with Crippen LogP contribution in [-0.4, -0.2) is 29.9 Å². The average Bonchev–Trinajstić information content (AvgIpc) is 2.73. The molecule has 6 heteroatoms. The number of hydrogen-bond donors (Lipinski definition) is 1. The van der Waals surface area contributed by atoms with Crippen LogP contribution in [0.2, 0.25) is 0 Å². The van der Waals surface area contributed by atoms with Crippen molar-refractivity contribution in [1.82, 2.24) is 9.55 Å². The zero-order valence-electron chi connectivity index (χ0n) is 10.6. The largest absolute Gasteiger partial charge is 0.494 e. The first-order chi connectivity index (χ1) is 9.20. The van der Waals surface area contributed by atoms with Gasteiger partial charge in [-0.3, -0.25) is 0 Å². The van der Waals surface area contributed by atoms with E-state index in [9.17, 15) is 4.39 Å². The number of H-pyrrole nitrogens is 1. The molecule has 2 heterocycles. The molecule has 1 N–H and O–H groups in total. The number of nitrogens with zero attached hydrogens (tertiary/aromatic N) is 1. The third kappa shape index (κ3) is 2.15. The van der Waals surface area contributed by atoms with Crippen molar-refractivity contribution < 1.29 is 13.9 Å². The van der Waals surface area contributed by atoms with E-state index < -0.39 is 5.82 Å². The summed E-state index contributed by atoms with van der Waals surface area (Å²) in [6.45, 7) is 1.44. The van der Waals surface area contributed by atoms with Gasteiger partial charge in [0.05, 0.1) is 30.8 Å². The number of aromatic amines is 1. The molecule has 4 nitrogen and oxygen atoms in total. The van der Waals surface area contributed by atoms with Gasteiger partial charge < -0.3 is 19.0 Å². The Bertz CT molecular complexity index is 658. The third-order valence-electron chi connectivity index (χ3n) is 3.49. The number of fused-ring (bicyclic) bond motifs is 1. The maximum Gasteiger partial charge on any atom is 0.178 e. The lowest BCUT2D eigenvalue weighted by Crippen LogP contribution is -2.21. The lowest BCUT2D eigenvalue weighted by molar-refractivity contribution is 0.0600. The van der Waals surface area contributed by atoms with E-state index in [1.165, 1.54) is 13.2 Å². The Balaban J connectivity index is 2.17. The second-order valence-corrected chi connectivity index (χ2v) is 5.06. The highest BCUT2D eigenvalue weighted by atomic mass is 32.1. The Labute approximate surface area is 115 Å². The molecule has 2 aromatic rings. The van der Waals surface area contributed by atoms with E-state index in [0.717, 1.165) is 25.0 Å². The number of imidazole rings is 1. The second-order valence-electron chi connectivity index (χ2n) is 4.68. The van der Waals surface area contributed by atoms with Crippen molar-refractivity contribution in [1.29, 1.82) is 0 Å². The highest BCUT2D eigenvalue weighted by molar-refractivity contribution is 7.71. The molecule has 1 unspecified atom stereocenters. The van der Waals surface area contributed by atoms with Crippen LogP contribution in [0.5, 0.6) is 5.75 Å². The number of methoxy groups -OCH3 is 1. The Morgan fingerprint density at radius 2 is 2.37 bits per heavy atom. The number of rotatable bonds is 2. The molecule has 0 bridgehead atoms. The molecule has 1 saturated heterocycles. The van der Waals surface area contributed by atoms with Crippen LogP contribution in [0.3, 0.4) is 0 Å². The Morgan fingerprint density at radius 1 is 1.53 bits per heavy atom. The molecule has 1 aromatic carbocycles. The van der Waals surface area contributed by atoms with Gasteiger partial charge in [-0.05, 0) is 25.1 Å². The number of benzene rings is 1. The van der Waals surface area contributed by atoms with Crippen LogP contribution in [0.4, 0.5) is 4.39 Å². The van der Waals surface area contributed by atoms with E-state index in [1.807, 2.05) is 4.57 Å². The summed E-state index contributed by atoms with van der Waals surface area (Å²) in [6, 6.07) is 3.31.